The zero-order valence-corrected chi connectivity index (χ0v) is 21.4. The lowest BCUT2D eigenvalue weighted by Gasteiger charge is -2.14. The lowest BCUT2D eigenvalue weighted by atomic mass is 10.2. The summed E-state index contributed by atoms with van der Waals surface area (Å²) in [7, 11) is 1.57. The van der Waals surface area contributed by atoms with Crippen molar-refractivity contribution in [3.63, 3.8) is 0 Å². The highest BCUT2D eigenvalue weighted by atomic mass is 35.5. The van der Waals surface area contributed by atoms with Crippen LogP contribution in [0.15, 0.2) is 88.1 Å². The van der Waals surface area contributed by atoms with Gasteiger partial charge in [0.25, 0.3) is 5.56 Å². The molecule has 0 aliphatic carbocycles. The molecule has 10 heteroatoms. The van der Waals surface area contributed by atoms with E-state index >= 15 is 0 Å². The third-order valence-electron chi connectivity index (χ3n) is 5.29. The number of hydrogen-bond acceptors (Lipinski definition) is 7. The largest absolute Gasteiger partial charge is 0.497 e. The number of thioether (sulfide) groups is 1. The van der Waals surface area contributed by atoms with E-state index in [9.17, 15) is 9.59 Å². The van der Waals surface area contributed by atoms with Crippen molar-refractivity contribution in [1.82, 2.24) is 14.5 Å². The van der Waals surface area contributed by atoms with Crippen molar-refractivity contribution in [3.8, 4) is 22.7 Å². The van der Waals surface area contributed by atoms with Gasteiger partial charge in [-0.1, -0.05) is 59.8 Å². The van der Waals surface area contributed by atoms with E-state index in [0.717, 1.165) is 5.56 Å². The Morgan fingerprint density at radius 1 is 1.08 bits per heavy atom. The second-order valence-electron chi connectivity index (χ2n) is 7.61. The third-order valence-corrected chi connectivity index (χ3v) is 7.32. The van der Waals surface area contributed by atoms with Gasteiger partial charge in [-0.2, -0.15) is 0 Å². The van der Waals surface area contributed by atoms with Gasteiger partial charge in [-0.3, -0.25) is 14.2 Å². The molecule has 180 valence electrons. The van der Waals surface area contributed by atoms with Gasteiger partial charge >= 0.3 is 0 Å². The summed E-state index contributed by atoms with van der Waals surface area (Å²) in [5.41, 5.74) is 2.43. The molecular formula is C26H19ClN4O3S2. The van der Waals surface area contributed by atoms with Crippen LogP contribution in [-0.4, -0.2) is 33.3 Å². The Kier molecular flexibility index (Phi) is 7.04. The van der Waals surface area contributed by atoms with Crippen LogP contribution in [0.5, 0.6) is 5.75 Å². The van der Waals surface area contributed by atoms with E-state index in [0.29, 0.717) is 43.3 Å². The minimum atomic E-state index is -0.264. The molecule has 0 saturated carbocycles. The first-order valence-corrected chi connectivity index (χ1v) is 13.1. The number of methoxy groups -OCH3 is 1. The highest BCUT2D eigenvalue weighted by Crippen LogP contribution is 2.30. The molecule has 0 bridgehead atoms. The van der Waals surface area contributed by atoms with Gasteiger partial charge in [0.1, 0.15) is 5.75 Å². The molecule has 5 aromatic rings. The van der Waals surface area contributed by atoms with Crippen molar-refractivity contribution < 1.29 is 9.53 Å². The van der Waals surface area contributed by atoms with Crippen molar-refractivity contribution in [2.24, 2.45) is 0 Å². The van der Waals surface area contributed by atoms with Gasteiger partial charge in [0.15, 0.2) is 10.3 Å². The highest BCUT2D eigenvalue weighted by molar-refractivity contribution is 7.99. The summed E-state index contributed by atoms with van der Waals surface area (Å²) in [6.07, 6.45) is 0. The molecule has 5 rings (SSSR count). The summed E-state index contributed by atoms with van der Waals surface area (Å²) in [6.45, 7) is 0. The van der Waals surface area contributed by atoms with Crippen molar-refractivity contribution >= 4 is 56.6 Å². The van der Waals surface area contributed by atoms with E-state index in [1.807, 2.05) is 29.6 Å². The number of nitrogens with zero attached hydrogens (tertiary/aromatic N) is 3. The third kappa shape index (κ3) is 4.99. The molecule has 7 nitrogen and oxygen atoms in total. The number of halogens is 1. The number of carbonyl (C=O) groups excluding carboxylic acids is 1. The molecule has 0 fully saturated rings. The first-order valence-electron chi connectivity index (χ1n) is 10.8. The van der Waals surface area contributed by atoms with Gasteiger partial charge in [0, 0.05) is 22.0 Å². The maximum absolute atomic E-state index is 13.4. The molecule has 0 spiro atoms. The molecule has 2 aromatic heterocycles. The predicted molar refractivity (Wildman–Crippen MR) is 146 cm³/mol. The Morgan fingerprint density at radius 3 is 2.72 bits per heavy atom. The van der Waals surface area contributed by atoms with Gasteiger partial charge < -0.3 is 10.1 Å². The monoisotopic (exact) mass is 534 g/mol. The minimum Gasteiger partial charge on any atom is -0.497 e. The molecule has 0 saturated heterocycles. The van der Waals surface area contributed by atoms with Crippen LogP contribution in [0, 0.1) is 0 Å². The standard InChI is InChI=1S/C26H19ClN4O3S2/c1-34-17-8-6-7-16(13-17)31-24(33)19-10-3-5-12-21(19)29-26(31)36-15-23(32)30-25-28-22(14-35-25)18-9-2-4-11-20(18)27/h2-14H,15H2,1H3,(H,28,30,32). The minimum absolute atomic E-state index is 0.0375. The topological polar surface area (TPSA) is 86.1 Å². The fourth-order valence-corrected chi connectivity index (χ4v) is 5.37. The van der Waals surface area contributed by atoms with Crippen LogP contribution in [0.2, 0.25) is 5.02 Å². The number of para-hydroxylation sites is 1. The van der Waals surface area contributed by atoms with E-state index in [4.69, 9.17) is 16.3 Å². The summed E-state index contributed by atoms with van der Waals surface area (Å²) in [6, 6.07) is 21.7. The number of hydrogen-bond donors (Lipinski definition) is 1. The van der Waals surface area contributed by atoms with Gasteiger partial charge in [-0.05, 0) is 30.3 Å². The fraction of sp³-hybridized carbons (Fsp3) is 0.0769. The molecule has 0 aliphatic rings. The Hall–Kier alpha value is -3.66. The summed E-state index contributed by atoms with van der Waals surface area (Å²) in [4.78, 5) is 35.3. The molecule has 0 unspecified atom stereocenters. The number of ether oxygens (including phenoxy) is 1. The van der Waals surface area contributed by atoms with Gasteiger partial charge in [0.05, 0.1) is 35.1 Å². The van der Waals surface area contributed by atoms with Gasteiger partial charge in [0.2, 0.25) is 5.91 Å². The average Bonchev–Trinajstić information content (AvgIpc) is 3.36. The number of aromatic nitrogens is 3. The second kappa shape index (κ2) is 10.5. The number of thiazole rings is 1. The quantitative estimate of drug-likeness (QED) is 0.206. The number of nitrogens with one attached hydrogen (secondary N) is 1. The normalized spacial score (nSPS) is 10.9. The van der Waals surface area contributed by atoms with Crippen molar-refractivity contribution in [3.05, 3.63) is 93.6 Å². The molecule has 2 heterocycles. The molecule has 36 heavy (non-hydrogen) atoms. The van der Waals surface area contributed by atoms with Gasteiger partial charge in [-0.25, -0.2) is 9.97 Å². The van der Waals surface area contributed by atoms with Crippen LogP contribution < -0.4 is 15.6 Å². The predicted octanol–water partition coefficient (Wildman–Crippen LogP) is 5.90. The lowest BCUT2D eigenvalue weighted by Crippen LogP contribution is -2.23. The fourth-order valence-electron chi connectivity index (χ4n) is 3.60. The Bertz CT molecular complexity index is 1630. The zero-order chi connectivity index (χ0) is 25.1. The highest BCUT2D eigenvalue weighted by Gasteiger charge is 2.16. The number of carbonyl (C=O) groups is 1. The lowest BCUT2D eigenvalue weighted by molar-refractivity contribution is -0.113. The van der Waals surface area contributed by atoms with Crippen LogP contribution in [0.25, 0.3) is 27.8 Å². The molecule has 0 aliphatic heterocycles. The van der Waals surface area contributed by atoms with E-state index in [1.54, 1.807) is 55.6 Å². The SMILES string of the molecule is COc1cccc(-n2c(SCC(=O)Nc3nc(-c4ccccc4Cl)cs3)nc3ccccc3c2=O)c1. The molecule has 0 atom stereocenters. The number of anilines is 1. The van der Waals surface area contributed by atoms with Crippen LogP contribution in [0.1, 0.15) is 0 Å². The summed E-state index contributed by atoms with van der Waals surface area (Å²) in [5.74, 6) is 0.384. The van der Waals surface area contributed by atoms with Crippen LogP contribution in [0.3, 0.4) is 0 Å². The smallest absolute Gasteiger partial charge is 0.266 e. The Labute approximate surface area is 219 Å². The van der Waals surface area contributed by atoms with Crippen molar-refractivity contribution in [2.45, 2.75) is 5.16 Å². The average molecular weight is 535 g/mol. The number of amides is 1. The second-order valence-corrected chi connectivity index (χ2v) is 9.82. The molecule has 1 N–H and O–H groups in total. The first kappa shape index (κ1) is 24.1. The van der Waals surface area contributed by atoms with Crippen LogP contribution in [-0.2, 0) is 4.79 Å². The van der Waals surface area contributed by atoms with E-state index < -0.39 is 0 Å². The number of benzene rings is 3. The Morgan fingerprint density at radius 2 is 1.89 bits per heavy atom. The number of fused-ring (bicyclic) bond motifs is 1. The van der Waals surface area contributed by atoms with Gasteiger partial charge in [-0.15, -0.1) is 11.3 Å². The summed E-state index contributed by atoms with van der Waals surface area (Å²) in [5, 5.41) is 6.61. The molecule has 0 radical (unpaired) electrons. The maximum Gasteiger partial charge on any atom is 0.266 e. The summed E-state index contributed by atoms with van der Waals surface area (Å²) < 4.78 is 6.83. The van der Waals surface area contributed by atoms with Crippen molar-refractivity contribution in [2.75, 3.05) is 18.2 Å². The Balaban J connectivity index is 1.40. The molecule has 3 aromatic carbocycles. The molecular weight excluding hydrogens is 516 g/mol. The zero-order valence-electron chi connectivity index (χ0n) is 19.0. The van der Waals surface area contributed by atoms with E-state index in [-0.39, 0.29) is 17.2 Å². The first-order chi connectivity index (χ1) is 17.5. The maximum atomic E-state index is 13.4. The number of rotatable bonds is 7. The van der Waals surface area contributed by atoms with Crippen molar-refractivity contribution in [1.29, 1.82) is 0 Å². The van der Waals surface area contributed by atoms with E-state index in [1.165, 1.54) is 27.7 Å². The summed E-state index contributed by atoms with van der Waals surface area (Å²) >= 11 is 8.75. The van der Waals surface area contributed by atoms with Crippen LogP contribution in [0.4, 0.5) is 5.13 Å². The van der Waals surface area contributed by atoms with Crippen LogP contribution >= 0.6 is 34.7 Å². The molecule has 1 amide bonds. The van der Waals surface area contributed by atoms with E-state index in [2.05, 4.69) is 15.3 Å².